The van der Waals surface area contributed by atoms with Gasteiger partial charge in [0, 0.05) is 44.3 Å². The quantitative estimate of drug-likeness (QED) is 0.845. The normalized spacial score (nSPS) is 36.6. The molecule has 142 valence electrons. The van der Waals surface area contributed by atoms with Crippen LogP contribution in [0.15, 0.2) is 0 Å². The predicted molar refractivity (Wildman–Crippen MR) is 98.4 cm³/mol. The molecule has 25 heavy (non-hydrogen) atoms. The third kappa shape index (κ3) is 3.74. The van der Waals surface area contributed by atoms with Crippen LogP contribution in [0.2, 0.25) is 0 Å². The number of piperidine rings is 1. The maximum atomic E-state index is 12.7. The van der Waals surface area contributed by atoms with Crippen molar-refractivity contribution in [2.75, 3.05) is 33.2 Å². The number of nitrogens with zero attached hydrogens (tertiary/aromatic N) is 3. The Morgan fingerprint density at radius 1 is 0.960 bits per heavy atom. The van der Waals surface area contributed by atoms with Gasteiger partial charge in [-0.25, -0.2) is 0 Å². The molecule has 2 bridgehead atoms. The number of carbonyl (C=O) groups excluding carboxylic acids is 1. The van der Waals surface area contributed by atoms with E-state index in [2.05, 4.69) is 16.8 Å². The number of hydrogen-bond acceptors (Lipinski definition) is 4. The SMILES string of the molecule is CN1C2CCC1CC(N1CCN(C(=O)CC3(O)CCCCC3)CC1)C2. The van der Waals surface area contributed by atoms with Crippen molar-refractivity contribution in [3.8, 4) is 0 Å². The summed E-state index contributed by atoms with van der Waals surface area (Å²) in [5.74, 6) is 0.174. The molecule has 1 aliphatic carbocycles. The first kappa shape index (κ1) is 17.7. The third-order valence-electron chi connectivity index (χ3n) is 7.52. The van der Waals surface area contributed by atoms with Gasteiger partial charge in [0.05, 0.1) is 12.0 Å². The van der Waals surface area contributed by atoms with E-state index < -0.39 is 5.60 Å². The minimum atomic E-state index is -0.723. The van der Waals surface area contributed by atoms with Crippen molar-refractivity contribution >= 4 is 5.91 Å². The fourth-order valence-corrected chi connectivity index (χ4v) is 5.80. The standard InChI is InChI=1S/C20H35N3O2/c1-21-16-5-6-17(21)14-18(13-16)22-9-11-23(12-10-22)19(24)15-20(25)7-3-2-4-8-20/h16-18,25H,2-15H2,1H3. The van der Waals surface area contributed by atoms with Crippen LogP contribution in [0.1, 0.15) is 64.2 Å². The lowest BCUT2D eigenvalue weighted by Crippen LogP contribution is -2.56. The van der Waals surface area contributed by atoms with Gasteiger partial charge in [-0.1, -0.05) is 19.3 Å². The van der Waals surface area contributed by atoms with E-state index in [0.29, 0.717) is 12.5 Å². The van der Waals surface area contributed by atoms with Gasteiger partial charge >= 0.3 is 0 Å². The highest BCUT2D eigenvalue weighted by Gasteiger charge is 2.41. The van der Waals surface area contributed by atoms with Gasteiger partial charge in [0.1, 0.15) is 0 Å². The molecule has 5 heteroatoms. The number of rotatable bonds is 3. The lowest BCUT2D eigenvalue weighted by atomic mass is 9.82. The van der Waals surface area contributed by atoms with Gasteiger partial charge in [-0.05, 0) is 45.6 Å². The van der Waals surface area contributed by atoms with Gasteiger partial charge < -0.3 is 14.9 Å². The van der Waals surface area contributed by atoms with Crippen molar-refractivity contribution in [2.45, 2.75) is 87.9 Å². The zero-order valence-corrected chi connectivity index (χ0v) is 15.8. The number of fused-ring (bicyclic) bond motifs is 2. The molecule has 3 heterocycles. The average molecular weight is 350 g/mol. The molecule has 2 unspecified atom stereocenters. The van der Waals surface area contributed by atoms with Crippen molar-refractivity contribution < 1.29 is 9.90 Å². The number of amides is 1. The Morgan fingerprint density at radius 2 is 1.56 bits per heavy atom. The highest BCUT2D eigenvalue weighted by Crippen LogP contribution is 2.36. The highest BCUT2D eigenvalue weighted by molar-refractivity contribution is 5.77. The van der Waals surface area contributed by atoms with Crippen molar-refractivity contribution in [2.24, 2.45) is 0 Å². The van der Waals surface area contributed by atoms with Gasteiger partial charge in [0.25, 0.3) is 0 Å². The molecule has 0 radical (unpaired) electrons. The predicted octanol–water partition coefficient (Wildman–Crippen LogP) is 1.84. The van der Waals surface area contributed by atoms with E-state index in [9.17, 15) is 9.90 Å². The van der Waals surface area contributed by atoms with Crippen molar-refractivity contribution in [3.63, 3.8) is 0 Å². The summed E-state index contributed by atoms with van der Waals surface area (Å²) in [7, 11) is 2.30. The molecule has 2 atom stereocenters. The summed E-state index contributed by atoms with van der Waals surface area (Å²) in [4.78, 5) is 19.9. The fourth-order valence-electron chi connectivity index (χ4n) is 5.80. The van der Waals surface area contributed by atoms with Crippen LogP contribution in [-0.4, -0.2) is 82.7 Å². The molecular weight excluding hydrogens is 314 g/mol. The van der Waals surface area contributed by atoms with Crippen molar-refractivity contribution in [1.82, 2.24) is 14.7 Å². The molecule has 0 aromatic rings. The van der Waals surface area contributed by atoms with Crippen LogP contribution in [0.4, 0.5) is 0 Å². The van der Waals surface area contributed by atoms with Gasteiger partial charge in [0.2, 0.25) is 5.91 Å². The first-order chi connectivity index (χ1) is 12.0. The van der Waals surface area contributed by atoms with Gasteiger partial charge in [-0.15, -0.1) is 0 Å². The van der Waals surface area contributed by atoms with E-state index in [1.807, 2.05) is 4.90 Å². The number of piperazine rings is 1. The molecule has 4 fully saturated rings. The van der Waals surface area contributed by atoms with Crippen LogP contribution in [0, 0.1) is 0 Å². The first-order valence-electron chi connectivity index (χ1n) is 10.5. The van der Waals surface area contributed by atoms with Crippen molar-refractivity contribution in [1.29, 1.82) is 0 Å². The molecule has 4 rings (SSSR count). The smallest absolute Gasteiger partial charge is 0.225 e. The lowest BCUT2D eigenvalue weighted by molar-refractivity contribution is -0.140. The van der Waals surface area contributed by atoms with E-state index in [1.165, 1.54) is 32.1 Å². The maximum Gasteiger partial charge on any atom is 0.225 e. The van der Waals surface area contributed by atoms with Crippen LogP contribution in [0.5, 0.6) is 0 Å². The van der Waals surface area contributed by atoms with Gasteiger partial charge in [0.15, 0.2) is 0 Å². The van der Waals surface area contributed by atoms with Crippen LogP contribution < -0.4 is 0 Å². The Bertz CT molecular complexity index is 469. The zero-order chi connectivity index (χ0) is 17.4. The van der Waals surface area contributed by atoms with Crippen LogP contribution in [0.25, 0.3) is 0 Å². The molecule has 5 nitrogen and oxygen atoms in total. The van der Waals surface area contributed by atoms with E-state index in [-0.39, 0.29) is 5.91 Å². The summed E-state index contributed by atoms with van der Waals surface area (Å²) in [6.07, 6.45) is 10.6. The van der Waals surface area contributed by atoms with Gasteiger partial charge in [-0.3, -0.25) is 9.69 Å². The molecular formula is C20H35N3O2. The lowest BCUT2D eigenvalue weighted by Gasteiger charge is -2.45. The Labute approximate surface area is 152 Å². The summed E-state index contributed by atoms with van der Waals surface area (Å²) in [5.41, 5.74) is -0.723. The molecule has 0 spiro atoms. The van der Waals surface area contributed by atoms with E-state index >= 15 is 0 Å². The Balaban J connectivity index is 1.26. The molecule has 1 N–H and O–H groups in total. The number of hydrogen-bond donors (Lipinski definition) is 1. The first-order valence-corrected chi connectivity index (χ1v) is 10.5. The molecule has 0 aromatic heterocycles. The minimum absolute atomic E-state index is 0.174. The molecule has 1 amide bonds. The monoisotopic (exact) mass is 349 g/mol. The second kappa shape index (κ2) is 7.16. The maximum absolute atomic E-state index is 12.7. The third-order valence-corrected chi connectivity index (χ3v) is 7.52. The molecule has 4 aliphatic rings. The van der Waals surface area contributed by atoms with E-state index in [4.69, 9.17) is 0 Å². The topological polar surface area (TPSA) is 47.0 Å². The zero-order valence-electron chi connectivity index (χ0n) is 15.8. The largest absolute Gasteiger partial charge is 0.389 e. The Kier molecular flexibility index (Phi) is 5.09. The second-order valence-corrected chi connectivity index (χ2v) is 9.05. The molecule has 1 saturated carbocycles. The summed E-state index contributed by atoms with van der Waals surface area (Å²) in [6.45, 7) is 3.71. The van der Waals surface area contributed by atoms with E-state index in [0.717, 1.165) is 63.9 Å². The summed E-state index contributed by atoms with van der Waals surface area (Å²) < 4.78 is 0. The average Bonchev–Trinajstić information content (AvgIpc) is 2.83. The van der Waals surface area contributed by atoms with Crippen LogP contribution in [0.3, 0.4) is 0 Å². The van der Waals surface area contributed by atoms with E-state index in [1.54, 1.807) is 0 Å². The molecule has 3 aliphatic heterocycles. The summed E-state index contributed by atoms with van der Waals surface area (Å²) in [5, 5.41) is 10.7. The number of carbonyl (C=O) groups is 1. The van der Waals surface area contributed by atoms with Gasteiger partial charge in [-0.2, -0.15) is 0 Å². The second-order valence-electron chi connectivity index (χ2n) is 9.05. The summed E-state index contributed by atoms with van der Waals surface area (Å²) >= 11 is 0. The fraction of sp³-hybridized carbons (Fsp3) is 0.950. The summed E-state index contributed by atoms with van der Waals surface area (Å²) in [6, 6.07) is 2.28. The van der Waals surface area contributed by atoms with Crippen LogP contribution >= 0.6 is 0 Å². The number of aliphatic hydroxyl groups is 1. The minimum Gasteiger partial charge on any atom is -0.389 e. The molecule has 0 aromatic carbocycles. The Hall–Kier alpha value is -0.650. The molecule has 3 saturated heterocycles. The van der Waals surface area contributed by atoms with Crippen molar-refractivity contribution in [3.05, 3.63) is 0 Å². The van der Waals surface area contributed by atoms with Crippen LogP contribution in [-0.2, 0) is 4.79 Å². The highest BCUT2D eigenvalue weighted by atomic mass is 16.3. The Morgan fingerprint density at radius 3 is 2.16 bits per heavy atom.